The van der Waals surface area contributed by atoms with Gasteiger partial charge in [-0.05, 0) is 19.1 Å². The molecule has 2 heterocycles. The van der Waals surface area contributed by atoms with Crippen LogP contribution in [0.4, 0.5) is 0 Å². The van der Waals surface area contributed by atoms with E-state index >= 15 is 0 Å². The molecule has 0 fully saturated rings. The highest BCUT2D eigenvalue weighted by Gasteiger charge is 2.21. The van der Waals surface area contributed by atoms with Gasteiger partial charge in [0.25, 0.3) is 5.56 Å². The Morgan fingerprint density at radius 3 is 2.52 bits per heavy atom. The van der Waals surface area contributed by atoms with Crippen molar-refractivity contribution in [1.29, 1.82) is 0 Å². The lowest BCUT2D eigenvalue weighted by atomic mass is 10.0. The quantitative estimate of drug-likeness (QED) is 0.666. The lowest BCUT2D eigenvalue weighted by molar-refractivity contribution is -0.116. The number of rotatable bonds is 6. The number of ether oxygens (including phenoxy) is 1. The van der Waals surface area contributed by atoms with Crippen molar-refractivity contribution in [1.82, 2.24) is 14.5 Å². The highest BCUT2D eigenvalue weighted by Crippen LogP contribution is 2.31. The van der Waals surface area contributed by atoms with Gasteiger partial charge in [0, 0.05) is 31.3 Å². The first-order chi connectivity index (χ1) is 12.9. The Bertz CT molecular complexity index is 1090. The molecule has 0 saturated carbocycles. The molecule has 1 aromatic carbocycles. The van der Waals surface area contributed by atoms with E-state index in [1.165, 1.54) is 37.3 Å². The minimum Gasteiger partial charge on any atom is -0.506 e. The van der Waals surface area contributed by atoms with Crippen molar-refractivity contribution in [2.24, 2.45) is 7.05 Å². The van der Waals surface area contributed by atoms with Gasteiger partial charge in [0.05, 0.1) is 17.9 Å². The molecule has 0 radical (unpaired) electrons. The average Bonchev–Trinajstić information content (AvgIpc) is 2.65. The summed E-state index contributed by atoms with van der Waals surface area (Å²) in [6, 6.07) is 4.74. The molecule has 8 heteroatoms. The molecule has 1 N–H and O–H groups in total. The number of aromatic nitrogens is 3. The van der Waals surface area contributed by atoms with Crippen molar-refractivity contribution in [2.45, 2.75) is 19.8 Å². The molecule has 3 rings (SSSR count). The maximum atomic E-state index is 12.6. The fraction of sp³-hybridized carbons (Fsp3) is 0.211. The minimum absolute atomic E-state index is 0.0192. The summed E-state index contributed by atoms with van der Waals surface area (Å²) in [6.45, 7) is 1.37. The van der Waals surface area contributed by atoms with Gasteiger partial charge in [0.15, 0.2) is 11.5 Å². The van der Waals surface area contributed by atoms with E-state index in [0.717, 1.165) is 0 Å². The van der Waals surface area contributed by atoms with Crippen molar-refractivity contribution in [3.63, 3.8) is 0 Å². The topological polar surface area (TPSA) is 111 Å². The van der Waals surface area contributed by atoms with Gasteiger partial charge in [0.2, 0.25) is 0 Å². The van der Waals surface area contributed by atoms with Gasteiger partial charge in [-0.3, -0.25) is 9.59 Å². The number of aromatic hydroxyl groups is 1. The van der Waals surface area contributed by atoms with Crippen LogP contribution >= 0.6 is 0 Å². The SMILES string of the molecule is CC(=O)CCC(=O)c1c(O)c2ccc(Oc3cncnc3)cc2n(C)c1=O. The van der Waals surface area contributed by atoms with E-state index in [1.807, 2.05) is 0 Å². The third kappa shape index (κ3) is 3.69. The van der Waals surface area contributed by atoms with Crippen LogP contribution < -0.4 is 10.3 Å². The third-order valence-corrected chi connectivity index (χ3v) is 4.10. The number of pyridine rings is 1. The fourth-order valence-electron chi connectivity index (χ4n) is 2.71. The molecule has 138 valence electrons. The molecule has 0 spiro atoms. The molecule has 0 saturated heterocycles. The molecule has 0 unspecified atom stereocenters. The second kappa shape index (κ2) is 7.36. The number of ketones is 2. The maximum Gasteiger partial charge on any atom is 0.265 e. The van der Waals surface area contributed by atoms with Crippen LogP contribution in [-0.2, 0) is 11.8 Å². The first kappa shape index (κ1) is 18.2. The average molecular weight is 367 g/mol. The zero-order chi connectivity index (χ0) is 19.6. The van der Waals surface area contributed by atoms with Crippen LogP contribution in [0, 0.1) is 0 Å². The van der Waals surface area contributed by atoms with Crippen LogP contribution in [-0.4, -0.2) is 31.2 Å². The molecular formula is C19H17N3O5. The molecule has 0 aliphatic heterocycles. The number of carbonyl (C=O) groups is 2. The predicted octanol–water partition coefficient (Wildman–Crippen LogP) is 2.38. The van der Waals surface area contributed by atoms with Crippen LogP contribution in [0.2, 0.25) is 0 Å². The summed E-state index contributed by atoms with van der Waals surface area (Å²) in [6.07, 6.45) is 4.25. The van der Waals surface area contributed by atoms with E-state index in [0.29, 0.717) is 22.4 Å². The highest BCUT2D eigenvalue weighted by atomic mass is 16.5. The van der Waals surface area contributed by atoms with E-state index in [2.05, 4.69) is 9.97 Å². The lowest BCUT2D eigenvalue weighted by Crippen LogP contribution is -2.25. The van der Waals surface area contributed by atoms with E-state index in [1.54, 1.807) is 18.2 Å². The fourth-order valence-corrected chi connectivity index (χ4v) is 2.71. The molecule has 0 aliphatic rings. The van der Waals surface area contributed by atoms with E-state index in [4.69, 9.17) is 4.74 Å². The molecule has 3 aromatic rings. The summed E-state index contributed by atoms with van der Waals surface area (Å²) in [5.41, 5.74) is -0.542. The maximum absolute atomic E-state index is 12.6. The Kier molecular flexibility index (Phi) is 4.98. The summed E-state index contributed by atoms with van der Waals surface area (Å²) in [7, 11) is 1.50. The zero-order valence-electron chi connectivity index (χ0n) is 14.8. The molecule has 0 atom stereocenters. The van der Waals surface area contributed by atoms with E-state index < -0.39 is 17.1 Å². The molecule has 27 heavy (non-hydrogen) atoms. The molecule has 0 aliphatic carbocycles. The summed E-state index contributed by atoms with van der Waals surface area (Å²) in [4.78, 5) is 43.7. The smallest absolute Gasteiger partial charge is 0.265 e. The summed E-state index contributed by atoms with van der Waals surface area (Å²) in [5.74, 6) is -0.278. The van der Waals surface area contributed by atoms with Crippen LogP contribution in [0.15, 0.2) is 41.7 Å². The predicted molar refractivity (Wildman–Crippen MR) is 97.2 cm³/mol. The molecule has 0 bridgehead atoms. The summed E-state index contributed by atoms with van der Waals surface area (Å²) in [5, 5.41) is 10.8. The number of nitrogens with zero attached hydrogens (tertiary/aromatic N) is 3. The number of benzene rings is 1. The number of hydrogen-bond donors (Lipinski definition) is 1. The van der Waals surface area contributed by atoms with Gasteiger partial charge in [-0.2, -0.15) is 0 Å². The second-order valence-electron chi connectivity index (χ2n) is 6.07. The Hall–Kier alpha value is -3.55. The van der Waals surface area contributed by atoms with Crippen LogP contribution in [0.5, 0.6) is 17.2 Å². The molecule has 0 amide bonds. The monoisotopic (exact) mass is 367 g/mol. The minimum atomic E-state index is -0.631. The van der Waals surface area contributed by atoms with Crippen molar-refractivity contribution in [2.75, 3.05) is 0 Å². The molecule has 8 nitrogen and oxygen atoms in total. The van der Waals surface area contributed by atoms with Gasteiger partial charge in [-0.15, -0.1) is 0 Å². The van der Waals surface area contributed by atoms with Gasteiger partial charge in [-0.1, -0.05) is 0 Å². The highest BCUT2D eigenvalue weighted by molar-refractivity contribution is 6.04. The lowest BCUT2D eigenvalue weighted by Gasteiger charge is -2.13. The van der Waals surface area contributed by atoms with Crippen LogP contribution in [0.3, 0.4) is 0 Å². The molecular weight excluding hydrogens is 350 g/mol. The van der Waals surface area contributed by atoms with E-state index in [-0.39, 0.29) is 24.2 Å². The first-order valence-corrected chi connectivity index (χ1v) is 8.19. The number of Topliss-reactive ketones (excluding diaryl/α,β-unsaturated/α-hetero) is 2. The van der Waals surface area contributed by atoms with Crippen molar-refractivity contribution < 1.29 is 19.4 Å². The first-order valence-electron chi connectivity index (χ1n) is 8.19. The van der Waals surface area contributed by atoms with Gasteiger partial charge in [-0.25, -0.2) is 9.97 Å². The zero-order valence-corrected chi connectivity index (χ0v) is 14.8. The van der Waals surface area contributed by atoms with Crippen LogP contribution in [0.25, 0.3) is 10.9 Å². The van der Waals surface area contributed by atoms with Crippen LogP contribution in [0.1, 0.15) is 30.1 Å². The Labute approximate surface area is 154 Å². The van der Waals surface area contributed by atoms with Gasteiger partial charge >= 0.3 is 0 Å². The molecule has 2 aromatic heterocycles. The third-order valence-electron chi connectivity index (χ3n) is 4.10. The number of aryl methyl sites for hydroxylation is 1. The number of carbonyl (C=O) groups excluding carboxylic acids is 2. The Morgan fingerprint density at radius 2 is 1.85 bits per heavy atom. The van der Waals surface area contributed by atoms with Crippen molar-refractivity contribution in [3.05, 3.63) is 52.8 Å². The Balaban J connectivity index is 2.05. The van der Waals surface area contributed by atoms with Crippen molar-refractivity contribution in [3.8, 4) is 17.2 Å². The second-order valence-corrected chi connectivity index (χ2v) is 6.07. The largest absolute Gasteiger partial charge is 0.506 e. The van der Waals surface area contributed by atoms with Crippen molar-refractivity contribution >= 4 is 22.5 Å². The Morgan fingerprint density at radius 1 is 1.15 bits per heavy atom. The van der Waals surface area contributed by atoms with Gasteiger partial charge < -0.3 is 19.2 Å². The normalized spacial score (nSPS) is 10.7. The summed E-state index contributed by atoms with van der Waals surface area (Å²) >= 11 is 0. The van der Waals surface area contributed by atoms with Gasteiger partial charge in [0.1, 0.15) is 29.2 Å². The number of fused-ring (bicyclic) bond motifs is 1. The number of hydrogen-bond acceptors (Lipinski definition) is 7. The van der Waals surface area contributed by atoms with E-state index in [9.17, 15) is 19.5 Å². The standard InChI is InChI=1S/C19H17N3O5/c1-11(23)3-6-16(24)17-18(25)14-5-4-12(7-15(14)22(2)19(17)26)27-13-8-20-10-21-9-13/h4-5,7-10,25H,3,6H2,1-2H3. The summed E-state index contributed by atoms with van der Waals surface area (Å²) < 4.78 is 6.91.